The monoisotopic (exact) mass is 544 g/mol. The number of allylic oxidation sites excluding steroid dienone is 4. The van der Waals surface area contributed by atoms with Crippen LogP contribution >= 0.6 is 0 Å². The first kappa shape index (κ1) is 34.7. The largest absolute Gasteiger partial charge is 0.457 e. The highest BCUT2D eigenvalue weighted by Crippen LogP contribution is 2.22. The molecular weight excluding hydrogens is 492 g/mol. The number of esters is 1. The lowest BCUT2D eigenvalue weighted by Crippen LogP contribution is -2.59. The van der Waals surface area contributed by atoms with Gasteiger partial charge in [-0.1, -0.05) is 76.7 Å². The third-order valence-electron chi connectivity index (χ3n) is 6.42. The first-order chi connectivity index (χ1) is 18.4. The van der Waals surface area contributed by atoms with Crippen LogP contribution in [0.15, 0.2) is 24.3 Å². The molecule has 0 radical (unpaired) electrons. The minimum atomic E-state index is -1.53. The Hall–Kier alpha value is -1.33. The Morgan fingerprint density at radius 3 is 2.16 bits per heavy atom. The van der Waals surface area contributed by atoms with E-state index in [0.29, 0.717) is 6.61 Å². The number of rotatable bonds is 22. The van der Waals surface area contributed by atoms with Gasteiger partial charge in [-0.05, 0) is 32.1 Å². The Morgan fingerprint density at radius 2 is 1.50 bits per heavy atom. The zero-order chi connectivity index (χ0) is 28.0. The van der Waals surface area contributed by atoms with Crippen LogP contribution in [0.2, 0.25) is 0 Å². The summed E-state index contributed by atoms with van der Waals surface area (Å²) in [5, 5.41) is 39.2. The van der Waals surface area contributed by atoms with E-state index in [1.165, 1.54) is 38.5 Å². The molecule has 0 amide bonds. The third-order valence-corrected chi connectivity index (χ3v) is 6.42. The van der Waals surface area contributed by atoms with Crippen LogP contribution in [-0.4, -0.2) is 89.6 Å². The summed E-state index contributed by atoms with van der Waals surface area (Å²) < 4.78 is 21.9. The second-order valence-electron chi connectivity index (χ2n) is 9.80. The highest BCUT2D eigenvalue weighted by Gasteiger charge is 2.44. The molecule has 1 fully saturated rings. The summed E-state index contributed by atoms with van der Waals surface area (Å²) in [4.78, 5) is 11.8. The minimum absolute atomic E-state index is 0.127. The van der Waals surface area contributed by atoms with Crippen LogP contribution in [0.1, 0.15) is 90.9 Å². The number of unbranched alkanes of at least 4 members (excludes halogenated alkanes) is 8. The fraction of sp³-hybridized carbons (Fsp3) is 0.828. The van der Waals surface area contributed by atoms with E-state index in [-0.39, 0.29) is 19.6 Å². The van der Waals surface area contributed by atoms with Gasteiger partial charge in [-0.25, -0.2) is 0 Å². The van der Waals surface area contributed by atoms with Crippen molar-refractivity contribution in [2.24, 2.45) is 0 Å². The van der Waals surface area contributed by atoms with Crippen molar-refractivity contribution >= 4 is 5.97 Å². The highest BCUT2D eigenvalue weighted by molar-refractivity contribution is 5.69. The summed E-state index contributed by atoms with van der Waals surface area (Å²) >= 11 is 0. The SMILES string of the molecule is CCCC/C=C\C/C=C\CCCCCCCCOCC(COC1OC(CO)C(O)C(O)C1O)OC(=O)CC. The summed E-state index contributed by atoms with van der Waals surface area (Å²) in [6, 6.07) is 0. The average molecular weight is 545 g/mol. The van der Waals surface area contributed by atoms with Crippen molar-refractivity contribution in [3.05, 3.63) is 24.3 Å². The predicted octanol–water partition coefficient (Wildman–Crippen LogP) is 3.56. The molecule has 0 aromatic rings. The summed E-state index contributed by atoms with van der Waals surface area (Å²) in [5.41, 5.74) is 0. The smallest absolute Gasteiger partial charge is 0.305 e. The Labute approximate surface area is 228 Å². The van der Waals surface area contributed by atoms with Gasteiger partial charge in [0.2, 0.25) is 0 Å². The summed E-state index contributed by atoms with van der Waals surface area (Å²) in [6.45, 7) is 3.89. The van der Waals surface area contributed by atoms with Crippen molar-refractivity contribution in [3.8, 4) is 0 Å². The zero-order valence-electron chi connectivity index (χ0n) is 23.4. The van der Waals surface area contributed by atoms with Gasteiger partial charge < -0.3 is 39.4 Å². The number of aliphatic hydroxyl groups excluding tert-OH is 4. The molecular formula is C29H52O9. The van der Waals surface area contributed by atoms with Crippen LogP contribution in [0.4, 0.5) is 0 Å². The van der Waals surface area contributed by atoms with Crippen LogP contribution in [0.25, 0.3) is 0 Å². The van der Waals surface area contributed by atoms with Crippen molar-refractivity contribution in [1.82, 2.24) is 0 Å². The second-order valence-corrected chi connectivity index (χ2v) is 9.80. The first-order valence-corrected chi connectivity index (χ1v) is 14.4. The average Bonchev–Trinajstić information content (AvgIpc) is 2.92. The van der Waals surface area contributed by atoms with E-state index in [0.717, 1.165) is 32.1 Å². The summed E-state index contributed by atoms with van der Waals surface area (Å²) in [5.74, 6) is -0.408. The summed E-state index contributed by atoms with van der Waals surface area (Å²) in [7, 11) is 0. The van der Waals surface area contributed by atoms with Gasteiger partial charge in [-0.2, -0.15) is 0 Å². The molecule has 1 saturated heterocycles. The topological polar surface area (TPSA) is 135 Å². The number of carbonyl (C=O) groups excluding carboxylic acids is 1. The molecule has 0 spiro atoms. The summed E-state index contributed by atoms with van der Waals surface area (Å²) in [6.07, 6.45) is 14.3. The van der Waals surface area contributed by atoms with E-state index in [4.69, 9.17) is 18.9 Å². The van der Waals surface area contributed by atoms with E-state index in [1.807, 2.05) is 0 Å². The van der Waals surface area contributed by atoms with Gasteiger partial charge in [-0.15, -0.1) is 0 Å². The van der Waals surface area contributed by atoms with Crippen molar-refractivity contribution in [1.29, 1.82) is 0 Å². The molecule has 9 nitrogen and oxygen atoms in total. The van der Waals surface area contributed by atoms with E-state index >= 15 is 0 Å². The van der Waals surface area contributed by atoms with Gasteiger partial charge in [0.05, 0.1) is 19.8 Å². The predicted molar refractivity (Wildman–Crippen MR) is 145 cm³/mol. The van der Waals surface area contributed by atoms with E-state index < -0.39 is 49.4 Å². The molecule has 38 heavy (non-hydrogen) atoms. The van der Waals surface area contributed by atoms with Crippen molar-refractivity contribution in [2.45, 2.75) is 128 Å². The molecule has 1 aliphatic heterocycles. The lowest BCUT2D eigenvalue weighted by molar-refractivity contribution is -0.305. The molecule has 0 aromatic heterocycles. The van der Waals surface area contributed by atoms with Crippen LogP contribution in [0.3, 0.4) is 0 Å². The molecule has 0 saturated carbocycles. The van der Waals surface area contributed by atoms with E-state index in [2.05, 4.69) is 31.2 Å². The maximum absolute atomic E-state index is 11.8. The number of carbonyl (C=O) groups is 1. The minimum Gasteiger partial charge on any atom is -0.457 e. The molecule has 6 unspecified atom stereocenters. The quantitative estimate of drug-likeness (QED) is 0.0916. The van der Waals surface area contributed by atoms with Crippen LogP contribution < -0.4 is 0 Å². The maximum atomic E-state index is 11.8. The number of hydrogen-bond acceptors (Lipinski definition) is 9. The lowest BCUT2D eigenvalue weighted by atomic mass is 9.99. The fourth-order valence-corrected chi connectivity index (χ4v) is 4.01. The highest BCUT2D eigenvalue weighted by atomic mass is 16.7. The molecule has 1 aliphatic rings. The normalized spacial score (nSPS) is 24.8. The van der Waals surface area contributed by atoms with Crippen LogP contribution in [0.5, 0.6) is 0 Å². The third kappa shape index (κ3) is 15.3. The standard InChI is InChI=1S/C29H52O9/c1-3-5-6-7-8-9-10-11-12-13-14-15-16-17-18-19-35-21-23(37-25(31)4-2)22-36-29-28(34)27(33)26(32)24(20-30)38-29/h7-8,10-11,23-24,26-30,32-34H,3-6,9,12-22H2,1-2H3/b8-7-,11-10-. The van der Waals surface area contributed by atoms with Gasteiger partial charge in [-0.3, -0.25) is 4.79 Å². The molecule has 1 rings (SSSR count). The number of hydrogen-bond donors (Lipinski definition) is 4. The van der Waals surface area contributed by atoms with Gasteiger partial charge in [0.25, 0.3) is 0 Å². The molecule has 1 heterocycles. The van der Waals surface area contributed by atoms with Crippen LogP contribution in [0, 0.1) is 0 Å². The molecule has 0 bridgehead atoms. The Balaban J connectivity index is 2.17. The van der Waals surface area contributed by atoms with Crippen LogP contribution in [-0.2, 0) is 23.7 Å². The molecule has 0 aliphatic carbocycles. The van der Waals surface area contributed by atoms with Gasteiger partial charge in [0.1, 0.15) is 30.5 Å². The second kappa shape index (κ2) is 22.5. The maximum Gasteiger partial charge on any atom is 0.305 e. The van der Waals surface area contributed by atoms with Crippen molar-refractivity contribution < 1.29 is 44.2 Å². The van der Waals surface area contributed by atoms with Crippen molar-refractivity contribution in [2.75, 3.05) is 26.4 Å². The zero-order valence-corrected chi connectivity index (χ0v) is 23.4. The first-order valence-electron chi connectivity index (χ1n) is 14.4. The van der Waals surface area contributed by atoms with Gasteiger partial charge >= 0.3 is 5.97 Å². The molecule has 9 heteroatoms. The number of ether oxygens (including phenoxy) is 4. The van der Waals surface area contributed by atoms with E-state index in [9.17, 15) is 25.2 Å². The molecule has 4 N–H and O–H groups in total. The van der Waals surface area contributed by atoms with Gasteiger partial charge in [0.15, 0.2) is 6.29 Å². The Bertz CT molecular complexity index is 638. The molecule has 222 valence electrons. The fourth-order valence-electron chi connectivity index (χ4n) is 4.01. The van der Waals surface area contributed by atoms with Crippen molar-refractivity contribution in [3.63, 3.8) is 0 Å². The molecule has 6 atom stereocenters. The van der Waals surface area contributed by atoms with Gasteiger partial charge in [0, 0.05) is 13.0 Å². The Morgan fingerprint density at radius 1 is 0.842 bits per heavy atom. The molecule has 0 aromatic carbocycles. The van der Waals surface area contributed by atoms with E-state index in [1.54, 1.807) is 6.92 Å². The lowest BCUT2D eigenvalue weighted by Gasteiger charge is -2.39. The number of aliphatic hydroxyl groups is 4. The Kier molecular flexibility index (Phi) is 20.5.